The maximum absolute atomic E-state index is 12.1. The molecule has 20 heavy (non-hydrogen) atoms. The van der Waals surface area contributed by atoms with Gasteiger partial charge in [-0.1, -0.05) is 30.3 Å². The fourth-order valence-electron chi connectivity index (χ4n) is 2.06. The number of nitrogen functional groups attached to an aromatic ring is 1. The van der Waals surface area contributed by atoms with Gasteiger partial charge in [0, 0.05) is 23.8 Å². The summed E-state index contributed by atoms with van der Waals surface area (Å²) >= 11 is 0. The van der Waals surface area contributed by atoms with Crippen molar-refractivity contribution in [3.8, 4) is 0 Å². The molecule has 0 fully saturated rings. The summed E-state index contributed by atoms with van der Waals surface area (Å²) in [5.41, 5.74) is 7.29. The maximum atomic E-state index is 12.1. The van der Waals surface area contributed by atoms with E-state index in [2.05, 4.69) is 10.3 Å². The summed E-state index contributed by atoms with van der Waals surface area (Å²) in [4.78, 5) is 16.1. The van der Waals surface area contributed by atoms with Crippen molar-refractivity contribution in [3.05, 3.63) is 66.5 Å². The summed E-state index contributed by atoms with van der Waals surface area (Å²) in [6.07, 6.45) is 3.02. The van der Waals surface area contributed by atoms with Crippen LogP contribution in [-0.4, -0.2) is 10.9 Å². The quantitative estimate of drug-likeness (QED) is 0.746. The van der Waals surface area contributed by atoms with Crippen LogP contribution in [0.5, 0.6) is 0 Å². The molecular formula is C16H13N3O. The number of nitrogens with one attached hydrogen (secondary N) is 1. The predicted octanol–water partition coefficient (Wildman–Crippen LogP) is 3.07. The normalized spacial score (nSPS) is 10.4. The second-order valence-electron chi connectivity index (χ2n) is 4.48. The maximum Gasteiger partial charge on any atom is 0.259 e. The highest BCUT2D eigenvalue weighted by molar-refractivity contribution is 6.08. The van der Waals surface area contributed by atoms with E-state index < -0.39 is 0 Å². The largest absolute Gasteiger partial charge is 0.398 e. The number of pyridine rings is 1. The van der Waals surface area contributed by atoms with E-state index in [1.165, 1.54) is 6.20 Å². The lowest BCUT2D eigenvalue weighted by Gasteiger charge is -2.08. The van der Waals surface area contributed by atoms with Crippen molar-refractivity contribution in [1.82, 2.24) is 4.98 Å². The van der Waals surface area contributed by atoms with E-state index >= 15 is 0 Å². The zero-order valence-electron chi connectivity index (χ0n) is 10.7. The molecule has 0 saturated carbocycles. The number of amides is 1. The molecule has 0 atom stereocenters. The van der Waals surface area contributed by atoms with Crippen LogP contribution in [0.4, 0.5) is 11.4 Å². The van der Waals surface area contributed by atoms with E-state index in [1.807, 2.05) is 42.5 Å². The standard InChI is InChI=1S/C16H13N3O/c17-15-7-8-18-10-14(15)16(20)19-13-6-5-11-3-1-2-4-12(11)9-13/h1-10H,(H2,17,18)(H,19,20). The summed E-state index contributed by atoms with van der Waals surface area (Å²) in [6.45, 7) is 0. The van der Waals surface area contributed by atoms with Crippen LogP contribution >= 0.6 is 0 Å². The fourth-order valence-corrected chi connectivity index (χ4v) is 2.06. The van der Waals surface area contributed by atoms with Crippen LogP contribution in [0.3, 0.4) is 0 Å². The van der Waals surface area contributed by atoms with Crippen LogP contribution in [0.2, 0.25) is 0 Å². The van der Waals surface area contributed by atoms with Gasteiger partial charge in [-0.2, -0.15) is 0 Å². The molecular weight excluding hydrogens is 250 g/mol. The van der Waals surface area contributed by atoms with Gasteiger partial charge in [-0.25, -0.2) is 0 Å². The van der Waals surface area contributed by atoms with Gasteiger partial charge in [-0.3, -0.25) is 9.78 Å². The van der Waals surface area contributed by atoms with Gasteiger partial charge < -0.3 is 11.1 Å². The number of fused-ring (bicyclic) bond motifs is 1. The molecule has 2 aromatic carbocycles. The van der Waals surface area contributed by atoms with E-state index in [9.17, 15) is 4.79 Å². The van der Waals surface area contributed by atoms with Crippen molar-refractivity contribution in [2.75, 3.05) is 11.1 Å². The van der Waals surface area contributed by atoms with Gasteiger partial charge in [-0.05, 0) is 29.0 Å². The zero-order chi connectivity index (χ0) is 13.9. The highest BCUT2D eigenvalue weighted by Gasteiger charge is 2.09. The van der Waals surface area contributed by atoms with Gasteiger partial charge in [0.2, 0.25) is 0 Å². The lowest BCUT2D eigenvalue weighted by atomic mass is 10.1. The minimum atomic E-state index is -0.258. The van der Waals surface area contributed by atoms with E-state index in [-0.39, 0.29) is 5.91 Å². The van der Waals surface area contributed by atoms with E-state index in [0.717, 1.165) is 16.5 Å². The molecule has 3 aromatic rings. The smallest absolute Gasteiger partial charge is 0.259 e. The van der Waals surface area contributed by atoms with Crippen LogP contribution in [0, 0.1) is 0 Å². The number of rotatable bonds is 2. The number of anilines is 2. The number of hydrogen-bond acceptors (Lipinski definition) is 3. The highest BCUT2D eigenvalue weighted by Crippen LogP contribution is 2.20. The Balaban J connectivity index is 1.89. The third-order valence-electron chi connectivity index (χ3n) is 3.11. The molecule has 4 heteroatoms. The second-order valence-corrected chi connectivity index (χ2v) is 4.48. The van der Waals surface area contributed by atoms with E-state index in [0.29, 0.717) is 11.3 Å². The minimum absolute atomic E-state index is 0.258. The Hall–Kier alpha value is -2.88. The molecule has 3 N–H and O–H groups in total. The first-order valence-electron chi connectivity index (χ1n) is 6.24. The molecule has 0 aliphatic heterocycles. The topological polar surface area (TPSA) is 68.0 Å². The Bertz CT molecular complexity index is 783. The predicted molar refractivity (Wildman–Crippen MR) is 80.6 cm³/mol. The SMILES string of the molecule is Nc1ccncc1C(=O)Nc1ccc2ccccc2c1. The molecule has 1 heterocycles. The summed E-state index contributed by atoms with van der Waals surface area (Å²) in [5, 5.41) is 5.04. The highest BCUT2D eigenvalue weighted by atomic mass is 16.1. The van der Waals surface area contributed by atoms with Gasteiger partial charge in [-0.15, -0.1) is 0 Å². The average molecular weight is 263 g/mol. The number of benzene rings is 2. The molecule has 0 radical (unpaired) electrons. The number of hydrogen-bond donors (Lipinski definition) is 2. The summed E-state index contributed by atoms with van der Waals surface area (Å²) in [6, 6.07) is 15.4. The molecule has 4 nitrogen and oxygen atoms in total. The van der Waals surface area contributed by atoms with Crippen molar-refractivity contribution in [2.45, 2.75) is 0 Å². The zero-order valence-corrected chi connectivity index (χ0v) is 10.7. The van der Waals surface area contributed by atoms with Crippen molar-refractivity contribution >= 4 is 28.1 Å². The van der Waals surface area contributed by atoms with E-state index in [1.54, 1.807) is 12.3 Å². The van der Waals surface area contributed by atoms with Crippen LogP contribution in [-0.2, 0) is 0 Å². The number of nitrogens with zero attached hydrogens (tertiary/aromatic N) is 1. The average Bonchev–Trinajstić information content (AvgIpc) is 2.47. The first-order valence-corrected chi connectivity index (χ1v) is 6.24. The Morgan fingerprint density at radius 2 is 1.85 bits per heavy atom. The van der Waals surface area contributed by atoms with E-state index in [4.69, 9.17) is 5.73 Å². The van der Waals surface area contributed by atoms with Gasteiger partial charge in [0.05, 0.1) is 5.56 Å². The molecule has 3 rings (SSSR count). The third-order valence-corrected chi connectivity index (χ3v) is 3.11. The van der Waals surface area contributed by atoms with Crippen molar-refractivity contribution in [2.24, 2.45) is 0 Å². The van der Waals surface area contributed by atoms with Gasteiger partial charge in [0.25, 0.3) is 5.91 Å². The van der Waals surface area contributed by atoms with Gasteiger partial charge in [0.15, 0.2) is 0 Å². The summed E-state index contributed by atoms with van der Waals surface area (Å²) in [7, 11) is 0. The Labute approximate surface area is 116 Å². The number of carbonyl (C=O) groups is 1. The van der Waals surface area contributed by atoms with Crippen LogP contribution in [0.15, 0.2) is 60.9 Å². The van der Waals surface area contributed by atoms with Crippen LogP contribution in [0.1, 0.15) is 10.4 Å². The molecule has 0 aliphatic rings. The molecule has 98 valence electrons. The molecule has 0 saturated heterocycles. The van der Waals surface area contributed by atoms with Crippen molar-refractivity contribution < 1.29 is 4.79 Å². The fraction of sp³-hybridized carbons (Fsp3) is 0. The lowest BCUT2D eigenvalue weighted by Crippen LogP contribution is -2.14. The van der Waals surface area contributed by atoms with Gasteiger partial charge >= 0.3 is 0 Å². The third kappa shape index (κ3) is 2.31. The Morgan fingerprint density at radius 3 is 2.65 bits per heavy atom. The number of nitrogens with two attached hydrogens (primary N) is 1. The van der Waals surface area contributed by atoms with Crippen LogP contribution in [0.25, 0.3) is 10.8 Å². The number of aromatic nitrogens is 1. The lowest BCUT2D eigenvalue weighted by molar-refractivity contribution is 0.102. The molecule has 0 spiro atoms. The van der Waals surface area contributed by atoms with Crippen molar-refractivity contribution in [1.29, 1.82) is 0 Å². The first kappa shape index (κ1) is 12.2. The minimum Gasteiger partial charge on any atom is -0.398 e. The first-order chi connectivity index (χ1) is 9.74. The molecule has 1 amide bonds. The second kappa shape index (κ2) is 5.01. The summed E-state index contributed by atoms with van der Waals surface area (Å²) in [5.74, 6) is -0.258. The van der Waals surface area contributed by atoms with Crippen LogP contribution < -0.4 is 11.1 Å². The summed E-state index contributed by atoms with van der Waals surface area (Å²) < 4.78 is 0. The van der Waals surface area contributed by atoms with Crippen molar-refractivity contribution in [3.63, 3.8) is 0 Å². The Morgan fingerprint density at radius 1 is 1.05 bits per heavy atom. The molecule has 0 bridgehead atoms. The monoisotopic (exact) mass is 263 g/mol. The Kier molecular flexibility index (Phi) is 3.05. The van der Waals surface area contributed by atoms with Gasteiger partial charge in [0.1, 0.15) is 0 Å². The number of carbonyl (C=O) groups excluding carboxylic acids is 1. The molecule has 1 aromatic heterocycles. The molecule has 0 aliphatic carbocycles. The molecule has 0 unspecified atom stereocenters.